The lowest BCUT2D eigenvalue weighted by atomic mass is 10.2. The predicted octanol–water partition coefficient (Wildman–Crippen LogP) is 1.24. The number of anilines is 1. The lowest BCUT2D eigenvalue weighted by Gasteiger charge is -2.09. The van der Waals surface area contributed by atoms with Gasteiger partial charge in [0.2, 0.25) is 0 Å². The van der Waals surface area contributed by atoms with Gasteiger partial charge in [0.1, 0.15) is 17.9 Å². The molecule has 1 aromatic heterocycles. The van der Waals surface area contributed by atoms with Gasteiger partial charge in [-0.15, -0.1) is 0 Å². The molecule has 0 aliphatic heterocycles. The topological polar surface area (TPSA) is 82.3 Å². The van der Waals surface area contributed by atoms with Gasteiger partial charge in [0.15, 0.2) is 9.84 Å². The third kappa shape index (κ3) is 2.89. The summed E-state index contributed by atoms with van der Waals surface area (Å²) >= 11 is 0. The Morgan fingerprint density at radius 3 is 2.83 bits per heavy atom. The number of nitrogens with zero attached hydrogens (tertiary/aromatic N) is 1. The average Bonchev–Trinajstić information content (AvgIpc) is 2.31. The zero-order valence-electron chi connectivity index (χ0n) is 9.96. The first kappa shape index (κ1) is 12.6. The number of ether oxygens (including phenoxy) is 1. The van der Waals surface area contributed by atoms with Crippen LogP contribution in [0.15, 0.2) is 30.5 Å². The van der Waals surface area contributed by atoms with Crippen LogP contribution in [0.25, 0.3) is 10.9 Å². The number of sulfone groups is 1. The highest BCUT2D eigenvalue weighted by atomic mass is 32.2. The third-order valence-electron chi connectivity index (χ3n) is 2.48. The lowest BCUT2D eigenvalue weighted by molar-refractivity contribution is 0.344. The second-order valence-electron chi connectivity index (χ2n) is 4.03. The molecule has 0 radical (unpaired) electrons. The predicted molar refractivity (Wildman–Crippen MR) is 71.4 cm³/mol. The fraction of sp³-hybridized carbons (Fsp3) is 0.250. The molecule has 96 valence electrons. The second kappa shape index (κ2) is 4.81. The highest BCUT2D eigenvalue weighted by Crippen LogP contribution is 2.27. The molecule has 0 unspecified atom stereocenters. The molecule has 0 fully saturated rings. The summed E-state index contributed by atoms with van der Waals surface area (Å²) in [5.74, 6) is 0.523. The van der Waals surface area contributed by atoms with E-state index in [4.69, 9.17) is 10.5 Å². The molecule has 0 saturated carbocycles. The molecular weight excluding hydrogens is 252 g/mol. The molecule has 0 saturated heterocycles. The molecule has 1 heterocycles. The van der Waals surface area contributed by atoms with Crippen LogP contribution < -0.4 is 10.5 Å². The monoisotopic (exact) mass is 266 g/mol. The summed E-state index contributed by atoms with van der Waals surface area (Å²) in [4.78, 5) is 4.20. The molecule has 0 atom stereocenters. The Morgan fingerprint density at radius 1 is 1.33 bits per heavy atom. The Morgan fingerprint density at radius 2 is 2.11 bits per heavy atom. The number of pyridine rings is 1. The van der Waals surface area contributed by atoms with Crippen molar-refractivity contribution in [3.63, 3.8) is 0 Å². The maximum absolute atomic E-state index is 11.0. The van der Waals surface area contributed by atoms with E-state index in [0.717, 1.165) is 5.39 Å². The largest absolute Gasteiger partial charge is 0.490 e. The van der Waals surface area contributed by atoms with Gasteiger partial charge in [0, 0.05) is 23.5 Å². The molecule has 0 aliphatic rings. The number of fused-ring (bicyclic) bond motifs is 1. The Balaban J connectivity index is 2.26. The van der Waals surface area contributed by atoms with E-state index in [0.29, 0.717) is 17.0 Å². The van der Waals surface area contributed by atoms with E-state index >= 15 is 0 Å². The van der Waals surface area contributed by atoms with Crippen LogP contribution in [0.5, 0.6) is 5.75 Å². The molecule has 1 aromatic carbocycles. The molecule has 2 aromatic rings. The number of hydrogen-bond acceptors (Lipinski definition) is 5. The SMILES string of the molecule is CS(=O)(=O)CCOc1ccc(N)c2cccnc12. The molecule has 5 nitrogen and oxygen atoms in total. The number of rotatable bonds is 4. The number of nitrogens with two attached hydrogens (primary N) is 1. The minimum absolute atomic E-state index is 0.0221. The molecule has 18 heavy (non-hydrogen) atoms. The van der Waals surface area contributed by atoms with Crippen LogP contribution in [0.1, 0.15) is 0 Å². The van der Waals surface area contributed by atoms with E-state index in [-0.39, 0.29) is 12.4 Å². The Kier molecular flexibility index (Phi) is 3.38. The second-order valence-corrected chi connectivity index (χ2v) is 6.29. The van der Waals surface area contributed by atoms with Crippen molar-refractivity contribution < 1.29 is 13.2 Å². The number of benzene rings is 1. The minimum Gasteiger partial charge on any atom is -0.490 e. The van der Waals surface area contributed by atoms with Gasteiger partial charge in [-0.2, -0.15) is 0 Å². The van der Waals surface area contributed by atoms with Crippen LogP contribution in [0.4, 0.5) is 5.69 Å². The van der Waals surface area contributed by atoms with Gasteiger partial charge < -0.3 is 10.5 Å². The fourth-order valence-electron chi connectivity index (χ4n) is 1.59. The molecule has 0 bridgehead atoms. The van der Waals surface area contributed by atoms with Gasteiger partial charge >= 0.3 is 0 Å². The first-order valence-electron chi connectivity index (χ1n) is 5.41. The van der Waals surface area contributed by atoms with Crippen molar-refractivity contribution in [3.8, 4) is 5.75 Å². The van der Waals surface area contributed by atoms with Gasteiger partial charge in [-0.1, -0.05) is 0 Å². The van der Waals surface area contributed by atoms with Crippen molar-refractivity contribution in [1.29, 1.82) is 0 Å². The first-order chi connectivity index (χ1) is 8.47. The normalized spacial score (nSPS) is 11.6. The molecule has 0 amide bonds. The zero-order chi connectivity index (χ0) is 13.2. The van der Waals surface area contributed by atoms with Gasteiger partial charge in [0.05, 0.1) is 5.75 Å². The maximum atomic E-state index is 11.0. The van der Waals surface area contributed by atoms with E-state index in [1.807, 2.05) is 6.07 Å². The van der Waals surface area contributed by atoms with Crippen LogP contribution in [-0.2, 0) is 9.84 Å². The summed E-state index contributed by atoms with van der Waals surface area (Å²) in [6, 6.07) is 7.06. The smallest absolute Gasteiger partial charge is 0.150 e. The first-order valence-corrected chi connectivity index (χ1v) is 7.47. The Bertz CT molecular complexity index is 668. The summed E-state index contributed by atoms with van der Waals surface area (Å²) in [7, 11) is -3.03. The number of aromatic nitrogens is 1. The van der Waals surface area contributed by atoms with E-state index in [1.54, 1.807) is 24.4 Å². The quantitative estimate of drug-likeness (QED) is 0.842. The molecule has 2 rings (SSSR count). The van der Waals surface area contributed by atoms with Crippen molar-refractivity contribution in [2.24, 2.45) is 0 Å². The third-order valence-corrected chi connectivity index (χ3v) is 3.39. The van der Waals surface area contributed by atoms with Crippen molar-refractivity contribution in [2.45, 2.75) is 0 Å². The fourth-order valence-corrected chi connectivity index (χ4v) is 1.97. The summed E-state index contributed by atoms with van der Waals surface area (Å²) < 4.78 is 27.5. The van der Waals surface area contributed by atoms with Crippen LogP contribution in [0.2, 0.25) is 0 Å². The Hall–Kier alpha value is -1.82. The van der Waals surface area contributed by atoms with Gasteiger partial charge in [-0.05, 0) is 24.3 Å². The molecule has 6 heteroatoms. The van der Waals surface area contributed by atoms with E-state index in [2.05, 4.69) is 4.98 Å². The van der Waals surface area contributed by atoms with Gasteiger partial charge in [-0.25, -0.2) is 8.42 Å². The highest BCUT2D eigenvalue weighted by Gasteiger charge is 2.07. The highest BCUT2D eigenvalue weighted by molar-refractivity contribution is 7.90. The van der Waals surface area contributed by atoms with E-state index < -0.39 is 9.84 Å². The summed E-state index contributed by atoms with van der Waals surface area (Å²) in [6.07, 6.45) is 2.82. The van der Waals surface area contributed by atoms with Crippen LogP contribution in [0.3, 0.4) is 0 Å². The van der Waals surface area contributed by atoms with Crippen molar-refractivity contribution in [3.05, 3.63) is 30.5 Å². The summed E-state index contributed by atoms with van der Waals surface area (Å²) in [5, 5.41) is 0.800. The van der Waals surface area contributed by atoms with Gasteiger partial charge in [-0.3, -0.25) is 4.98 Å². The lowest BCUT2D eigenvalue weighted by Crippen LogP contribution is -2.12. The van der Waals surface area contributed by atoms with E-state index in [1.165, 1.54) is 6.26 Å². The van der Waals surface area contributed by atoms with Crippen molar-refractivity contribution in [2.75, 3.05) is 24.3 Å². The molecular formula is C12H14N2O3S. The minimum atomic E-state index is -3.03. The van der Waals surface area contributed by atoms with Crippen LogP contribution >= 0.6 is 0 Å². The van der Waals surface area contributed by atoms with Crippen molar-refractivity contribution >= 4 is 26.4 Å². The van der Waals surface area contributed by atoms with E-state index in [9.17, 15) is 8.42 Å². The molecule has 0 aliphatic carbocycles. The number of nitrogen functional groups attached to an aromatic ring is 1. The maximum Gasteiger partial charge on any atom is 0.150 e. The molecule has 2 N–H and O–H groups in total. The standard InChI is InChI=1S/C12H14N2O3S/c1-18(15,16)8-7-17-11-5-4-10(13)9-3-2-6-14-12(9)11/h2-6H,7-8,13H2,1H3. The summed E-state index contributed by atoms with van der Waals surface area (Å²) in [6.45, 7) is 0.106. The van der Waals surface area contributed by atoms with Gasteiger partial charge in [0.25, 0.3) is 0 Å². The van der Waals surface area contributed by atoms with Crippen molar-refractivity contribution in [1.82, 2.24) is 4.98 Å². The zero-order valence-corrected chi connectivity index (χ0v) is 10.8. The summed E-state index contributed by atoms with van der Waals surface area (Å²) in [5.41, 5.74) is 7.10. The molecule has 0 spiro atoms. The Labute approximate surface area is 106 Å². The van der Waals surface area contributed by atoms with Crippen LogP contribution in [-0.4, -0.2) is 32.0 Å². The van der Waals surface area contributed by atoms with Crippen LogP contribution in [0, 0.1) is 0 Å². The number of hydrogen-bond donors (Lipinski definition) is 1. The average molecular weight is 266 g/mol.